The standard InChI is InChI=1S/C16H24N2O3/c1-3-16(20,4-2)12-18-10-14(19)11-21-15-7-5-13(9-17)6-8-15/h5-8,14,18-20H,3-4,10-12H2,1-2H3. The Kier molecular flexibility index (Phi) is 7.17. The molecule has 0 aliphatic heterocycles. The molecule has 5 nitrogen and oxygen atoms in total. The molecule has 0 saturated heterocycles. The molecule has 1 rings (SSSR count). The first-order valence-electron chi connectivity index (χ1n) is 7.27. The lowest BCUT2D eigenvalue weighted by atomic mass is 9.97. The van der Waals surface area contributed by atoms with Crippen LogP contribution in [-0.4, -0.2) is 41.6 Å². The van der Waals surface area contributed by atoms with E-state index in [4.69, 9.17) is 10.00 Å². The predicted octanol–water partition coefficient (Wildman–Crippen LogP) is 1.44. The topological polar surface area (TPSA) is 85.5 Å². The summed E-state index contributed by atoms with van der Waals surface area (Å²) in [6, 6.07) is 8.77. The lowest BCUT2D eigenvalue weighted by molar-refractivity contribution is 0.0270. The molecular formula is C16H24N2O3. The van der Waals surface area contributed by atoms with E-state index in [1.165, 1.54) is 0 Å². The second-order valence-electron chi connectivity index (χ2n) is 5.16. The molecule has 1 aromatic rings. The second kappa shape index (κ2) is 8.63. The number of aliphatic hydroxyl groups is 2. The molecule has 1 aromatic carbocycles. The minimum Gasteiger partial charge on any atom is -0.491 e. The molecule has 0 aromatic heterocycles. The Bertz CT molecular complexity index is 450. The van der Waals surface area contributed by atoms with Gasteiger partial charge in [-0.25, -0.2) is 0 Å². The first kappa shape index (κ1) is 17.4. The highest BCUT2D eigenvalue weighted by atomic mass is 16.5. The number of aliphatic hydroxyl groups excluding tert-OH is 1. The number of benzene rings is 1. The Hall–Kier alpha value is -1.61. The highest BCUT2D eigenvalue weighted by molar-refractivity contribution is 5.34. The second-order valence-corrected chi connectivity index (χ2v) is 5.16. The summed E-state index contributed by atoms with van der Waals surface area (Å²) in [5.41, 5.74) is -0.142. The highest BCUT2D eigenvalue weighted by Crippen LogP contribution is 2.13. The van der Waals surface area contributed by atoms with Gasteiger partial charge in [-0.1, -0.05) is 13.8 Å². The molecule has 0 saturated carbocycles. The summed E-state index contributed by atoms with van der Waals surface area (Å²) < 4.78 is 5.44. The monoisotopic (exact) mass is 292 g/mol. The Morgan fingerprint density at radius 2 is 1.90 bits per heavy atom. The Labute approximate surface area is 126 Å². The van der Waals surface area contributed by atoms with Gasteiger partial charge in [-0.2, -0.15) is 5.26 Å². The van der Waals surface area contributed by atoms with E-state index in [0.717, 1.165) is 0 Å². The van der Waals surface area contributed by atoms with Crippen LogP contribution in [-0.2, 0) is 0 Å². The van der Waals surface area contributed by atoms with Crippen LogP contribution >= 0.6 is 0 Å². The van der Waals surface area contributed by atoms with E-state index in [-0.39, 0.29) is 6.61 Å². The van der Waals surface area contributed by atoms with Crippen molar-refractivity contribution in [3.63, 3.8) is 0 Å². The number of nitrogens with one attached hydrogen (secondary N) is 1. The third-order valence-corrected chi connectivity index (χ3v) is 3.58. The fraction of sp³-hybridized carbons (Fsp3) is 0.562. The van der Waals surface area contributed by atoms with E-state index < -0.39 is 11.7 Å². The van der Waals surface area contributed by atoms with E-state index in [0.29, 0.717) is 37.2 Å². The van der Waals surface area contributed by atoms with E-state index >= 15 is 0 Å². The first-order valence-corrected chi connectivity index (χ1v) is 7.27. The van der Waals surface area contributed by atoms with Gasteiger partial charge in [0.15, 0.2) is 0 Å². The average Bonchev–Trinajstić information content (AvgIpc) is 2.53. The lowest BCUT2D eigenvalue weighted by Gasteiger charge is -2.26. The number of ether oxygens (including phenoxy) is 1. The van der Waals surface area contributed by atoms with Crippen molar-refractivity contribution in [1.29, 1.82) is 5.26 Å². The predicted molar refractivity (Wildman–Crippen MR) is 81.1 cm³/mol. The third-order valence-electron chi connectivity index (χ3n) is 3.58. The van der Waals surface area contributed by atoms with Gasteiger partial charge in [-0.15, -0.1) is 0 Å². The molecule has 0 amide bonds. The van der Waals surface area contributed by atoms with Crippen LogP contribution in [0.1, 0.15) is 32.3 Å². The minimum atomic E-state index is -0.715. The number of nitrogens with zero attached hydrogens (tertiary/aromatic N) is 1. The van der Waals surface area contributed by atoms with E-state index in [1.807, 2.05) is 19.9 Å². The molecule has 0 aliphatic rings. The van der Waals surface area contributed by atoms with Crippen LogP contribution in [0, 0.1) is 11.3 Å². The summed E-state index contributed by atoms with van der Waals surface area (Å²) in [5.74, 6) is 0.617. The number of nitriles is 1. The van der Waals surface area contributed by atoms with Crippen molar-refractivity contribution >= 4 is 0 Å². The molecule has 0 aliphatic carbocycles. The summed E-state index contributed by atoms with van der Waals surface area (Å²) >= 11 is 0. The normalized spacial score (nSPS) is 12.7. The van der Waals surface area contributed by atoms with Gasteiger partial charge in [0.25, 0.3) is 0 Å². The number of hydrogen-bond donors (Lipinski definition) is 3. The summed E-state index contributed by atoms with van der Waals surface area (Å²) in [7, 11) is 0. The molecule has 3 N–H and O–H groups in total. The fourth-order valence-corrected chi connectivity index (χ4v) is 1.85. The van der Waals surface area contributed by atoms with Gasteiger partial charge in [-0.05, 0) is 37.1 Å². The molecule has 0 bridgehead atoms. The maximum Gasteiger partial charge on any atom is 0.119 e. The van der Waals surface area contributed by atoms with Crippen LogP contribution in [0.2, 0.25) is 0 Å². The van der Waals surface area contributed by atoms with Crippen LogP contribution < -0.4 is 10.1 Å². The first-order chi connectivity index (χ1) is 10.0. The van der Waals surface area contributed by atoms with Gasteiger partial charge >= 0.3 is 0 Å². The van der Waals surface area contributed by atoms with Gasteiger partial charge in [0, 0.05) is 13.1 Å². The number of hydrogen-bond acceptors (Lipinski definition) is 5. The summed E-state index contributed by atoms with van der Waals surface area (Å²) in [4.78, 5) is 0. The molecule has 0 radical (unpaired) electrons. The smallest absolute Gasteiger partial charge is 0.119 e. The SMILES string of the molecule is CCC(O)(CC)CNCC(O)COc1ccc(C#N)cc1. The fourth-order valence-electron chi connectivity index (χ4n) is 1.85. The summed E-state index contributed by atoms with van der Waals surface area (Å²) in [6.45, 7) is 4.85. The minimum absolute atomic E-state index is 0.162. The van der Waals surface area contributed by atoms with Crippen LogP contribution in [0.5, 0.6) is 5.75 Å². The van der Waals surface area contributed by atoms with Gasteiger partial charge in [-0.3, -0.25) is 0 Å². The highest BCUT2D eigenvalue weighted by Gasteiger charge is 2.21. The van der Waals surface area contributed by atoms with Gasteiger partial charge in [0.2, 0.25) is 0 Å². The molecule has 0 spiro atoms. The van der Waals surface area contributed by atoms with Crippen LogP contribution in [0.4, 0.5) is 0 Å². The Morgan fingerprint density at radius 1 is 1.29 bits per heavy atom. The molecule has 1 atom stereocenters. The van der Waals surface area contributed by atoms with Crippen LogP contribution in [0.3, 0.4) is 0 Å². The zero-order valence-corrected chi connectivity index (χ0v) is 12.7. The van der Waals surface area contributed by atoms with Crippen molar-refractivity contribution in [3.05, 3.63) is 29.8 Å². The summed E-state index contributed by atoms with van der Waals surface area (Å²) in [6.07, 6.45) is 0.696. The molecule has 21 heavy (non-hydrogen) atoms. The van der Waals surface area contributed by atoms with Crippen LogP contribution in [0.25, 0.3) is 0 Å². The Balaban J connectivity index is 2.27. The van der Waals surface area contributed by atoms with Crippen molar-refractivity contribution in [3.8, 4) is 11.8 Å². The van der Waals surface area contributed by atoms with Gasteiger partial charge < -0.3 is 20.3 Å². The van der Waals surface area contributed by atoms with E-state index in [2.05, 4.69) is 5.32 Å². The molecule has 0 fully saturated rings. The maximum absolute atomic E-state index is 10.1. The van der Waals surface area contributed by atoms with E-state index in [1.54, 1.807) is 24.3 Å². The quantitative estimate of drug-likeness (QED) is 0.641. The van der Waals surface area contributed by atoms with Crippen molar-refractivity contribution in [1.82, 2.24) is 5.32 Å². The van der Waals surface area contributed by atoms with Crippen molar-refractivity contribution in [2.24, 2.45) is 0 Å². The molecular weight excluding hydrogens is 268 g/mol. The average molecular weight is 292 g/mol. The zero-order valence-electron chi connectivity index (χ0n) is 12.7. The molecule has 5 heteroatoms. The van der Waals surface area contributed by atoms with Crippen LogP contribution in [0.15, 0.2) is 24.3 Å². The van der Waals surface area contributed by atoms with Gasteiger partial charge in [0.05, 0.1) is 17.2 Å². The molecule has 0 heterocycles. The van der Waals surface area contributed by atoms with Gasteiger partial charge in [0.1, 0.15) is 18.5 Å². The van der Waals surface area contributed by atoms with Crippen molar-refractivity contribution in [2.45, 2.75) is 38.4 Å². The maximum atomic E-state index is 10.1. The third kappa shape index (κ3) is 6.13. The zero-order chi connectivity index (χ0) is 15.7. The number of rotatable bonds is 9. The largest absolute Gasteiger partial charge is 0.491 e. The van der Waals surface area contributed by atoms with E-state index in [9.17, 15) is 10.2 Å². The lowest BCUT2D eigenvalue weighted by Crippen LogP contribution is -2.43. The summed E-state index contributed by atoms with van der Waals surface area (Å²) in [5, 5.41) is 31.7. The Morgan fingerprint density at radius 3 is 2.43 bits per heavy atom. The van der Waals surface area contributed by atoms with Crippen molar-refractivity contribution < 1.29 is 14.9 Å². The molecule has 116 valence electrons. The molecule has 1 unspecified atom stereocenters. The van der Waals surface area contributed by atoms with Crippen molar-refractivity contribution in [2.75, 3.05) is 19.7 Å².